The number of anilines is 1. The summed E-state index contributed by atoms with van der Waals surface area (Å²) in [6.07, 6.45) is 5.96. The Balaban J connectivity index is 1.95. The van der Waals surface area contributed by atoms with Gasteiger partial charge in [-0.2, -0.15) is 0 Å². The molecule has 1 amide bonds. The van der Waals surface area contributed by atoms with Crippen molar-refractivity contribution in [3.05, 3.63) is 94.8 Å². The van der Waals surface area contributed by atoms with E-state index in [1.54, 1.807) is 12.1 Å². The number of Topliss-reactive ketones (excluding diaryl/α,β-unsaturated/α-hetero) is 1. The molecule has 3 heterocycles. The first-order valence-electron chi connectivity index (χ1n) is 8.55. The molecule has 29 heavy (non-hydrogen) atoms. The molecule has 1 fully saturated rings. The zero-order valence-electron chi connectivity index (χ0n) is 14.8. The van der Waals surface area contributed by atoms with Crippen molar-refractivity contribution in [3.8, 4) is 0 Å². The van der Waals surface area contributed by atoms with E-state index >= 15 is 0 Å². The molecule has 4 rings (SSSR count). The minimum Gasteiger partial charge on any atom is -0.507 e. The van der Waals surface area contributed by atoms with Gasteiger partial charge in [-0.15, -0.1) is 0 Å². The summed E-state index contributed by atoms with van der Waals surface area (Å²) in [5.74, 6) is -2.70. The molecule has 3 aromatic rings. The van der Waals surface area contributed by atoms with Gasteiger partial charge in [0.1, 0.15) is 11.6 Å². The zero-order valence-corrected chi connectivity index (χ0v) is 15.5. The summed E-state index contributed by atoms with van der Waals surface area (Å²) in [5.41, 5.74) is 1.03. The van der Waals surface area contributed by atoms with Crippen molar-refractivity contribution in [3.63, 3.8) is 0 Å². The number of hydrogen-bond acceptors (Lipinski definition) is 5. The fourth-order valence-corrected chi connectivity index (χ4v) is 3.43. The number of aromatic nitrogens is 2. The second-order valence-corrected chi connectivity index (χ2v) is 6.69. The molecule has 1 aromatic carbocycles. The van der Waals surface area contributed by atoms with Crippen LogP contribution in [0.1, 0.15) is 17.2 Å². The first kappa shape index (κ1) is 18.8. The highest BCUT2D eigenvalue weighted by atomic mass is 35.5. The quantitative estimate of drug-likeness (QED) is 0.403. The number of carbonyl (C=O) groups excluding carboxylic acids is 2. The molecule has 0 radical (unpaired) electrons. The summed E-state index contributed by atoms with van der Waals surface area (Å²) in [5, 5.41) is 10.7. The smallest absolute Gasteiger partial charge is 0.300 e. The van der Waals surface area contributed by atoms with E-state index in [9.17, 15) is 19.1 Å². The van der Waals surface area contributed by atoms with Crippen molar-refractivity contribution in [1.29, 1.82) is 0 Å². The van der Waals surface area contributed by atoms with Crippen LogP contribution in [0.3, 0.4) is 0 Å². The third-order valence-corrected chi connectivity index (χ3v) is 4.89. The van der Waals surface area contributed by atoms with Crippen LogP contribution in [0.5, 0.6) is 0 Å². The second kappa shape index (κ2) is 7.44. The van der Waals surface area contributed by atoms with Crippen molar-refractivity contribution in [2.75, 3.05) is 4.90 Å². The van der Waals surface area contributed by atoms with Crippen LogP contribution in [0.2, 0.25) is 5.02 Å². The Kier molecular flexibility index (Phi) is 4.82. The molecule has 144 valence electrons. The Labute approximate surface area is 169 Å². The molecule has 0 spiro atoms. The van der Waals surface area contributed by atoms with Crippen LogP contribution in [0.15, 0.2) is 72.8 Å². The summed E-state index contributed by atoms with van der Waals surface area (Å²) in [4.78, 5) is 34.8. The maximum Gasteiger partial charge on any atom is 0.300 e. The molecule has 1 aliphatic heterocycles. The van der Waals surface area contributed by atoms with Gasteiger partial charge >= 0.3 is 0 Å². The molecule has 0 aliphatic carbocycles. The minimum atomic E-state index is -0.937. The maximum absolute atomic E-state index is 13.6. The third-order valence-electron chi connectivity index (χ3n) is 4.60. The molecule has 1 aliphatic rings. The molecular formula is C21H13ClFN3O3. The van der Waals surface area contributed by atoms with E-state index in [1.807, 2.05) is 0 Å². The highest BCUT2D eigenvalue weighted by Gasteiger charge is 2.47. The first-order valence-corrected chi connectivity index (χ1v) is 8.93. The number of rotatable bonds is 3. The molecule has 8 heteroatoms. The van der Waals surface area contributed by atoms with Crippen LogP contribution >= 0.6 is 11.6 Å². The predicted molar refractivity (Wildman–Crippen MR) is 105 cm³/mol. The van der Waals surface area contributed by atoms with Crippen LogP contribution in [-0.2, 0) is 9.59 Å². The van der Waals surface area contributed by atoms with E-state index in [1.165, 1.54) is 54.0 Å². The lowest BCUT2D eigenvalue weighted by atomic mass is 9.96. The Morgan fingerprint density at radius 2 is 1.62 bits per heavy atom. The topological polar surface area (TPSA) is 83.4 Å². The number of aliphatic hydroxyl groups is 1. The van der Waals surface area contributed by atoms with E-state index < -0.39 is 23.5 Å². The van der Waals surface area contributed by atoms with E-state index in [2.05, 4.69) is 9.97 Å². The summed E-state index contributed by atoms with van der Waals surface area (Å²) in [7, 11) is 0. The SMILES string of the molecule is O=C1C(=O)N(c2ccc(F)c(Cl)c2)C(c2ccncc2)/C1=C(\O)c1ccncc1. The molecule has 1 saturated heterocycles. The highest BCUT2D eigenvalue weighted by molar-refractivity contribution is 6.51. The van der Waals surface area contributed by atoms with Crippen LogP contribution in [0, 0.1) is 5.82 Å². The Bertz CT molecular complexity index is 1140. The van der Waals surface area contributed by atoms with Gasteiger partial charge in [0.15, 0.2) is 0 Å². The lowest BCUT2D eigenvalue weighted by Gasteiger charge is -2.25. The molecule has 1 atom stereocenters. The largest absolute Gasteiger partial charge is 0.507 e. The van der Waals surface area contributed by atoms with Crippen LogP contribution in [0.4, 0.5) is 10.1 Å². The van der Waals surface area contributed by atoms with E-state index in [0.717, 1.165) is 6.07 Å². The summed E-state index contributed by atoms with van der Waals surface area (Å²) < 4.78 is 13.6. The van der Waals surface area contributed by atoms with Gasteiger partial charge in [-0.25, -0.2) is 4.39 Å². The average molecular weight is 410 g/mol. The standard InChI is InChI=1S/C21H13ClFN3O3/c22-15-11-14(1-2-16(15)23)26-18(12-3-7-24-8-4-12)17(20(28)21(26)29)19(27)13-5-9-25-10-6-13/h1-11,18,27H/b19-17+. The van der Waals surface area contributed by atoms with Gasteiger partial charge in [-0.05, 0) is 48.0 Å². The number of benzene rings is 1. The zero-order chi connectivity index (χ0) is 20.5. The van der Waals surface area contributed by atoms with E-state index in [-0.39, 0.29) is 22.0 Å². The summed E-state index contributed by atoms with van der Waals surface area (Å²) in [6, 6.07) is 9.12. The van der Waals surface area contributed by atoms with Crippen molar-refractivity contribution in [2.45, 2.75) is 6.04 Å². The normalized spacial score (nSPS) is 18.3. The molecule has 2 aromatic heterocycles. The van der Waals surface area contributed by atoms with Crippen molar-refractivity contribution in [1.82, 2.24) is 9.97 Å². The number of pyridine rings is 2. The van der Waals surface area contributed by atoms with Gasteiger partial charge in [0.25, 0.3) is 11.7 Å². The van der Waals surface area contributed by atoms with E-state index in [0.29, 0.717) is 11.1 Å². The minimum absolute atomic E-state index is 0.0900. The molecule has 0 saturated carbocycles. The number of carbonyl (C=O) groups is 2. The molecule has 1 unspecified atom stereocenters. The number of hydrogen-bond donors (Lipinski definition) is 1. The average Bonchev–Trinajstić information content (AvgIpc) is 3.02. The summed E-state index contributed by atoms with van der Waals surface area (Å²) in [6.45, 7) is 0. The highest BCUT2D eigenvalue weighted by Crippen LogP contribution is 2.42. The van der Waals surface area contributed by atoms with Gasteiger partial charge < -0.3 is 5.11 Å². The Hall–Kier alpha value is -3.58. The molecule has 0 bridgehead atoms. The van der Waals surface area contributed by atoms with Gasteiger partial charge in [0.05, 0.1) is 16.6 Å². The number of amides is 1. The Morgan fingerprint density at radius 3 is 2.24 bits per heavy atom. The van der Waals surface area contributed by atoms with Crippen LogP contribution in [0.25, 0.3) is 5.76 Å². The number of ketones is 1. The van der Waals surface area contributed by atoms with Crippen molar-refractivity contribution < 1.29 is 19.1 Å². The lowest BCUT2D eigenvalue weighted by Crippen LogP contribution is -2.29. The number of nitrogens with zero attached hydrogens (tertiary/aromatic N) is 3. The van der Waals surface area contributed by atoms with Crippen LogP contribution < -0.4 is 4.90 Å². The van der Waals surface area contributed by atoms with Gasteiger partial charge in [-0.3, -0.25) is 24.5 Å². The number of aliphatic hydroxyl groups excluding tert-OH is 1. The monoisotopic (exact) mass is 409 g/mol. The predicted octanol–water partition coefficient (Wildman–Crippen LogP) is 3.90. The molecule has 1 N–H and O–H groups in total. The fourth-order valence-electron chi connectivity index (χ4n) is 3.26. The van der Waals surface area contributed by atoms with Gasteiger partial charge in [-0.1, -0.05) is 11.6 Å². The van der Waals surface area contributed by atoms with Gasteiger partial charge in [0.2, 0.25) is 0 Å². The second-order valence-electron chi connectivity index (χ2n) is 6.28. The van der Waals surface area contributed by atoms with Crippen LogP contribution in [-0.4, -0.2) is 26.8 Å². The molecule has 6 nitrogen and oxygen atoms in total. The molecular weight excluding hydrogens is 397 g/mol. The van der Waals surface area contributed by atoms with Gasteiger partial charge in [0, 0.05) is 36.0 Å². The van der Waals surface area contributed by atoms with E-state index in [4.69, 9.17) is 11.6 Å². The lowest BCUT2D eigenvalue weighted by molar-refractivity contribution is -0.132. The first-order chi connectivity index (χ1) is 14.0. The third kappa shape index (κ3) is 3.25. The Morgan fingerprint density at radius 1 is 1.00 bits per heavy atom. The van der Waals surface area contributed by atoms with Crippen molar-refractivity contribution in [2.24, 2.45) is 0 Å². The summed E-state index contributed by atoms with van der Waals surface area (Å²) >= 11 is 5.89. The fraction of sp³-hybridized carbons (Fsp3) is 0.0476. The van der Waals surface area contributed by atoms with Crippen molar-refractivity contribution >= 4 is 34.7 Å². The maximum atomic E-state index is 13.6. The number of halogens is 2.